The first-order valence-corrected chi connectivity index (χ1v) is 9.27. The second-order valence-electron chi connectivity index (χ2n) is 5.66. The maximum absolute atomic E-state index is 12.5. The fraction of sp³-hybridized carbons (Fsp3) is 0.167. The van der Waals surface area contributed by atoms with E-state index in [9.17, 15) is 22.8 Å². The van der Waals surface area contributed by atoms with Crippen LogP contribution in [-0.2, 0) is 19.7 Å². The summed E-state index contributed by atoms with van der Waals surface area (Å²) >= 11 is 0. The van der Waals surface area contributed by atoms with Crippen LogP contribution >= 0.6 is 0 Å². The molecule has 2 aromatic carbocycles. The third-order valence-electron chi connectivity index (χ3n) is 3.73. The Balaban J connectivity index is 2.31. The van der Waals surface area contributed by atoms with Crippen LogP contribution in [0, 0.1) is 0 Å². The normalized spacial score (nSPS) is 12.3. The molecule has 8 heteroatoms. The number of carbonyl (C=O) groups is 3. The van der Waals surface area contributed by atoms with Crippen LogP contribution in [0.1, 0.15) is 33.8 Å². The molecular formula is C18H17NO6S. The van der Waals surface area contributed by atoms with Gasteiger partial charge in [-0.05, 0) is 11.6 Å². The molecule has 0 fully saturated rings. The van der Waals surface area contributed by atoms with Crippen molar-refractivity contribution in [2.24, 2.45) is 5.73 Å². The average molecular weight is 375 g/mol. The number of hydrogen-bond acceptors (Lipinski definition) is 5. The lowest BCUT2D eigenvalue weighted by molar-refractivity contribution is -0.128. The lowest BCUT2D eigenvalue weighted by Crippen LogP contribution is -2.29. The molecular weight excluding hydrogens is 358 g/mol. The van der Waals surface area contributed by atoms with Gasteiger partial charge >= 0.3 is 0 Å². The molecule has 1 unspecified atom stereocenters. The zero-order valence-corrected chi connectivity index (χ0v) is 14.5. The van der Waals surface area contributed by atoms with Gasteiger partial charge in [0.1, 0.15) is 5.92 Å². The van der Waals surface area contributed by atoms with Gasteiger partial charge in [-0.2, -0.15) is 8.42 Å². The van der Waals surface area contributed by atoms with Crippen molar-refractivity contribution in [2.75, 3.05) is 5.75 Å². The van der Waals surface area contributed by atoms with Crippen molar-refractivity contribution in [3.63, 3.8) is 0 Å². The second-order valence-corrected chi connectivity index (χ2v) is 7.23. The van der Waals surface area contributed by atoms with Crippen molar-refractivity contribution < 1.29 is 27.4 Å². The van der Waals surface area contributed by atoms with E-state index in [4.69, 9.17) is 10.3 Å². The summed E-state index contributed by atoms with van der Waals surface area (Å²) in [6, 6.07) is 14.4. The Hall–Kier alpha value is -2.84. The van der Waals surface area contributed by atoms with Gasteiger partial charge < -0.3 is 5.73 Å². The van der Waals surface area contributed by atoms with Gasteiger partial charge in [-0.15, -0.1) is 0 Å². The van der Waals surface area contributed by atoms with E-state index in [1.807, 2.05) is 0 Å². The molecule has 0 heterocycles. The number of hydrogen-bond donors (Lipinski definition) is 2. The predicted octanol–water partition coefficient (Wildman–Crippen LogP) is 1.33. The SMILES string of the molecule is NC(=O)C(C(=O)CCS(=O)(=O)O)c1cccc(C(=O)c2ccccc2)c1. The predicted molar refractivity (Wildman–Crippen MR) is 94.3 cm³/mol. The fourth-order valence-electron chi connectivity index (χ4n) is 2.50. The van der Waals surface area contributed by atoms with Gasteiger partial charge in [0.15, 0.2) is 11.6 Å². The molecule has 0 spiro atoms. The summed E-state index contributed by atoms with van der Waals surface area (Å²) in [5.74, 6) is -4.21. The summed E-state index contributed by atoms with van der Waals surface area (Å²) in [7, 11) is -4.35. The zero-order valence-electron chi connectivity index (χ0n) is 13.7. The monoisotopic (exact) mass is 375 g/mol. The van der Waals surface area contributed by atoms with Crippen molar-refractivity contribution in [3.8, 4) is 0 Å². The number of amides is 1. The largest absolute Gasteiger partial charge is 0.369 e. The van der Waals surface area contributed by atoms with E-state index in [-0.39, 0.29) is 16.9 Å². The van der Waals surface area contributed by atoms with E-state index >= 15 is 0 Å². The minimum absolute atomic E-state index is 0.194. The van der Waals surface area contributed by atoms with Gasteiger partial charge in [0.25, 0.3) is 10.1 Å². The lowest BCUT2D eigenvalue weighted by Gasteiger charge is -2.13. The second kappa shape index (κ2) is 8.03. The van der Waals surface area contributed by atoms with Crippen LogP contribution in [-0.4, -0.2) is 36.2 Å². The Morgan fingerprint density at radius 2 is 1.58 bits per heavy atom. The Labute approximate surface area is 150 Å². The maximum atomic E-state index is 12.5. The quantitative estimate of drug-likeness (QED) is 0.406. The van der Waals surface area contributed by atoms with Gasteiger partial charge in [0, 0.05) is 17.5 Å². The molecule has 1 atom stereocenters. The lowest BCUT2D eigenvalue weighted by atomic mass is 9.90. The molecule has 136 valence electrons. The molecule has 0 bridgehead atoms. The van der Waals surface area contributed by atoms with Crippen LogP contribution in [0.5, 0.6) is 0 Å². The van der Waals surface area contributed by atoms with E-state index in [1.54, 1.807) is 36.4 Å². The molecule has 0 aliphatic carbocycles. The van der Waals surface area contributed by atoms with Crippen molar-refractivity contribution in [1.82, 2.24) is 0 Å². The number of Topliss-reactive ketones (excluding diaryl/α,β-unsaturated/α-hetero) is 1. The molecule has 0 aliphatic rings. The van der Waals surface area contributed by atoms with Crippen molar-refractivity contribution >= 4 is 27.6 Å². The number of primary amides is 1. The summed E-state index contributed by atoms with van der Waals surface area (Å²) < 4.78 is 30.4. The van der Waals surface area contributed by atoms with E-state index < -0.39 is 39.9 Å². The molecule has 0 radical (unpaired) electrons. The molecule has 0 aliphatic heterocycles. The molecule has 26 heavy (non-hydrogen) atoms. The average Bonchev–Trinajstić information content (AvgIpc) is 2.59. The Morgan fingerprint density at radius 3 is 2.15 bits per heavy atom. The Kier molecular flexibility index (Phi) is 6.01. The minimum Gasteiger partial charge on any atom is -0.369 e. The first kappa shape index (κ1) is 19.5. The minimum atomic E-state index is -4.35. The Morgan fingerprint density at radius 1 is 0.962 bits per heavy atom. The number of nitrogens with two attached hydrogens (primary N) is 1. The maximum Gasteiger partial charge on any atom is 0.265 e. The molecule has 2 rings (SSSR count). The van der Waals surface area contributed by atoms with Crippen molar-refractivity contribution in [3.05, 3.63) is 71.3 Å². The number of rotatable bonds is 8. The molecule has 0 saturated carbocycles. The molecule has 2 aromatic rings. The van der Waals surface area contributed by atoms with Gasteiger partial charge in [0.2, 0.25) is 5.91 Å². The number of benzene rings is 2. The summed E-state index contributed by atoms with van der Waals surface area (Å²) in [5.41, 5.74) is 6.19. The van der Waals surface area contributed by atoms with Crippen LogP contribution < -0.4 is 5.73 Å². The number of ketones is 2. The first-order chi connectivity index (χ1) is 12.2. The van der Waals surface area contributed by atoms with E-state index in [1.165, 1.54) is 18.2 Å². The van der Waals surface area contributed by atoms with Crippen LogP contribution in [0.2, 0.25) is 0 Å². The molecule has 3 N–H and O–H groups in total. The smallest absolute Gasteiger partial charge is 0.265 e. The highest BCUT2D eigenvalue weighted by atomic mass is 32.2. The summed E-state index contributed by atoms with van der Waals surface area (Å²) in [4.78, 5) is 36.4. The van der Waals surface area contributed by atoms with Gasteiger partial charge in [-0.1, -0.05) is 48.5 Å². The molecule has 7 nitrogen and oxygen atoms in total. The van der Waals surface area contributed by atoms with E-state index in [0.717, 1.165) is 0 Å². The summed E-state index contributed by atoms with van der Waals surface area (Å²) in [6.07, 6.45) is -0.566. The van der Waals surface area contributed by atoms with Crippen LogP contribution in [0.15, 0.2) is 54.6 Å². The highest BCUT2D eigenvalue weighted by Crippen LogP contribution is 2.21. The van der Waals surface area contributed by atoms with Gasteiger partial charge in [-0.25, -0.2) is 0 Å². The van der Waals surface area contributed by atoms with Crippen LogP contribution in [0.3, 0.4) is 0 Å². The highest BCUT2D eigenvalue weighted by molar-refractivity contribution is 7.85. The first-order valence-electron chi connectivity index (χ1n) is 7.66. The third-order valence-corrected chi connectivity index (χ3v) is 4.45. The van der Waals surface area contributed by atoms with Crippen molar-refractivity contribution in [1.29, 1.82) is 0 Å². The zero-order chi connectivity index (χ0) is 19.3. The van der Waals surface area contributed by atoms with E-state index in [2.05, 4.69) is 0 Å². The standard InChI is InChI=1S/C18H17NO6S/c19-18(22)16(15(20)9-10-26(23,24)25)13-7-4-8-14(11-13)17(21)12-5-2-1-3-6-12/h1-8,11,16H,9-10H2,(H2,19,22)(H,23,24,25). The van der Waals surface area contributed by atoms with Gasteiger partial charge in [-0.3, -0.25) is 18.9 Å². The van der Waals surface area contributed by atoms with Gasteiger partial charge in [0.05, 0.1) is 5.75 Å². The van der Waals surface area contributed by atoms with E-state index in [0.29, 0.717) is 5.56 Å². The fourth-order valence-corrected chi connectivity index (χ4v) is 2.96. The Bertz CT molecular complexity index is 937. The van der Waals surface area contributed by atoms with Crippen molar-refractivity contribution in [2.45, 2.75) is 12.3 Å². The molecule has 0 saturated heterocycles. The highest BCUT2D eigenvalue weighted by Gasteiger charge is 2.27. The molecule has 0 aromatic heterocycles. The van der Waals surface area contributed by atoms with Crippen LogP contribution in [0.25, 0.3) is 0 Å². The topological polar surface area (TPSA) is 132 Å². The number of carbonyl (C=O) groups excluding carboxylic acids is 3. The summed E-state index contributed by atoms with van der Waals surface area (Å²) in [6.45, 7) is 0. The molecule has 1 amide bonds. The van der Waals surface area contributed by atoms with Crippen LogP contribution in [0.4, 0.5) is 0 Å². The summed E-state index contributed by atoms with van der Waals surface area (Å²) in [5, 5.41) is 0. The third kappa shape index (κ3) is 5.08.